The van der Waals surface area contributed by atoms with Crippen molar-refractivity contribution in [1.82, 2.24) is 15.1 Å². The quantitative estimate of drug-likeness (QED) is 0.925. The molecule has 1 N–H and O–H groups in total. The van der Waals surface area contributed by atoms with E-state index < -0.39 is 5.92 Å². The SMILES string of the molecule is CCc1nnc(NC(=O)[C@H]2CC(=O)N(C)[C@@H]2c2ccc(C)cc2)s1. The van der Waals surface area contributed by atoms with Gasteiger partial charge in [0.2, 0.25) is 16.9 Å². The van der Waals surface area contributed by atoms with E-state index in [2.05, 4.69) is 15.5 Å². The molecule has 2 amide bonds. The van der Waals surface area contributed by atoms with Gasteiger partial charge in [0.25, 0.3) is 0 Å². The highest BCUT2D eigenvalue weighted by molar-refractivity contribution is 7.15. The summed E-state index contributed by atoms with van der Waals surface area (Å²) in [5.41, 5.74) is 2.12. The zero-order valence-electron chi connectivity index (χ0n) is 13.9. The highest BCUT2D eigenvalue weighted by Gasteiger charge is 2.42. The highest BCUT2D eigenvalue weighted by atomic mass is 32.1. The maximum absolute atomic E-state index is 12.7. The lowest BCUT2D eigenvalue weighted by Gasteiger charge is -2.24. The van der Waals surface area contributed by atoms with E-state index in [1.165, 1.54) is 11.3 Å². The van der Waals surface area contributed by atoms with Gasteiger partial charge < -0.3 is 10.2 Å². The molecule has 0 radical (unpaired) electrons. The third kappa shape index (κ3) is 3.17. The van der Waals surface area contributed by atoms with Crippen LogP contribution in [0.1, 0.15) is 35.5 Å². The second-order valence-corrected chi connectivity index (χ2v) is 7.08. The molecule has 3 rings (SSSR count). The van der Waals surface area contributed by atoms with E-state index in [1.807, 2.05) is 38.1 Å². The minimum absolute atomic E-state index is 0.0211. The number of rotatable bonds is 4. The second-order valence-electron chi connectivity index (χ2n) is 6.01. The molecule has 1 aliphatic heterocycles. The number of aromatic nitrogens is 2. The molecular weight excluding hydrogens is 324 g/mol. The van der Waals surface area contributed by atoms with Gasteiger partial charge in [-0.15, -0.1) is 10.2 Å². The fourth-order valence-electron chi connectivity index (χ4n) is 2.97. The summed E-state index contributed by atoms with van der Waals surface area (Å²) in [5, 5.41) is 12.2. The van der Waals surface area contributed by atoms with Crippen LogP contribution < -0.4 is 5.32 Å². The van der Waals surface area contributed by atoms with Gasteiger partial charge in [-0.1, -0.05) is 48.1 Å². The molecule has 0 unspecified atom stereocenters. The summed E-state index contributed by atoms with van der Waals surface area (Å²) < 4.78 is 0. The van der Waals surface area contributed by atoms with Crippen LogP contribution in [0.15, 0.2) is 24.3 Å². The molecule has 1 aromatic heterocycles. The van der Waals surface area contributed by atoms with Crippen molar-refractivity contribution < 1.29 is 9.59 Å². The van der Waals surface area contributed by atoms with Gasteiger partial charge in [0.05, 0.1) is 12.0 Å². The lowest BCUT2D eigenvalue weighted by atomic mass is 9.92. The third-order valence-corrected chi connectivity index (χ3v) is 5.32. The molecule has 1 saturated heterocycles. The highest BCUT2D eigenvalue weighted by Crippen LogP contribution is 2.37. The molecule has 7 heteroatoms. The average Bonchev–Trinajstić information content (AvgIpc) is 3.14. The van der Waals surface area contributed by atoms with Gasteiger partial charge in [0.15, 0.2) is 0 Å². The molecule has 1 fully saturated rings. The van der Waals surface area contributed by atoms with E-state index in [1.54, 1.807) is 11.9 Å². The van der Waals surface area contributed by atoms with Crippen LogP contribution in [-0.4, -0.2) is 34.0 Å². The van der Waals surface area contributed by atoms with Crippen LogP contribution in [0.25, 0.3) is 0 Å². The molecule has 24 heavy (non-hydrogen) atoms. The van der Waals surface area contributed by atoms with Gasteiger partial charge >= 0.3 is 0 Å². The largest absolute Gasteiger partial charge is 0.338 e. The van der Waals surface area contributed by atoms with Gasteiger partial charge in [-0.2, -0.15) is 0 Å². The number of amides is 2. The third-order valence-electron chi connectivity index (χ3n) is 4.34. The lowest BCUT2D eigenvalue weighted by Crippen LogP contribution is -2.30. The molecule has 2 atom stereocenters. The Bertz CT molecular complexity index is 756. The number of hydrogen-bond acceptors (Lipinski definition) is 5. The Balaban J connectivity index is 1.82. The molecule has 1 aliphatic rings. The Hall–Kier alpha value is -2.28. The van der Waals surface area contributed by atoms with Crippen molar-refractivity contribution in [3.8, 4) is 0 Å². The van der Waals surface area contributed by atoms with Gasteiger partial charge in [0.1, 0.15) is 5.01 Å². The first-order valence-electron chi connectivity index (χ1n) is 7.95. The van der Waals surface area contributed by atoms with Crippen LogP contribution in [0.4, 0.5) is 5.13 Å². The zero-order valence-corrected chi connectivity index (χ0v) is 14.8. The molecular formula is C17H20N4O2S. The number of likely N-dealkylation sites (tertiary alicyclic amines) is 1. The number of nitrogens with zero attached hydrogens (tertiary/aromatic N) is 3. The van der Waals surface area contributed by atoms with Crippen LogP contribution in [0.2, 0.25) is 0 Å². The summed E-state index contributed by atoms with van der Waals surface area (Å²) in [7, 11) is 1.75. The molecule has 0 saturated carbocycles. The Kier molecular flexibility index (Phi) is 4.62. The van der Waals surface area contributed by atoms with Gasteiger partial charge in [-0.05, 0) is 18.9 Å². The maximum Gasteiger partial charge on any atom is 0.232 e. The van der Waals surface area contributed by atoms with Crippen LogP contribution in [-0.2, 0) is 16.0 Å². The Morgan fingerprint density at radius 2 is 2.04 bits per heavy atom. The number of nitrogens with one attached hydrogen (secondary N) is 1. The minimum atomic E-state index is -0.431. The fraction of sp³-hybridized carbons (Fsp3) is 0.412. The zero-order chi connectivity index (χ0) is 17.3. The van der Waals surface area contributed by atoms with Gasteiger partial charge in [-0.25, -0.2) is 0 Å². The van der Waals surface area contributed by atoms with E-state index in [-0.39, 0.29) is 24.3 Å². The Morgan fingerprint density at radius 3 is 2.67 bits per heavy atom. The van der Waals surface area contributed by atoms with E-state index in [9.17, 15) is 9.59 Å². The predicted molar refractivity (Wildman–Crippen MR) is 92.7 cm³/mol. The van der Waals surface area contributed by atoms with Crippen molar-refractivity contribution in [2.75, 3.05) is 12.4 Å². The number of hydrogen-bond donors (Lipinski definition) is 1. The molecule has 126 valence electrons. The summed E-state index contributed by atoms with van der Waals surface area (Å²) in [6.07, 6.45) is 0.991. The van der Waals surface area contributed by atoms with E-state index in [4.69, 9.17) is 0 Å². The summed E-state index contributed by atoms with van der Waals surface area (Å²) in [5.74, 6) is -0.636. The first-order valence-corrected chi connectivity index (χ1v) is 8.76. The molecule has 0 spiro atoms. The smallest absolute Gasteiger partial charge is 0.232 e. The lowest BCUT2D eigenvalue weighted by molar-refractivity contribution is -0.127. The van der Waals surface area contributed by atoms with Crippen molar-refractivity contribution in [1.29, 1.82) is 0 Å². The summed E-state index contributed by atoms with van der Waals surface area (Å²) in [4.78, 5) is 26.5. The normalized spacial score (nSPS) is 20.5. The monoisotopic (exact) mass is 344 g/mol. The number of benzene rings is 1. The first-order chi connectivity index (χ1) is 11.5. The predicted octanol–water partition coefficient (Wildman–Crippen LogP) is 2.57. The fourth-order valence-corrected chi connectivity index (χ4v) is 3.65. The van der Waals surface area contributed by atoms with E-state index in [0.29, 0.717) is 5.13 Å². The molecule has 0 aliphatic carbocycles. The van der Waals surface area contributed by atoms with E-state index in [0.717, 1.165) is 22.6 Å². The molecule has 2 heterocycles. The number of carbonyl (C=O) groups excluding carboxylic acids is 2. The molecule has 0 bridgehead atoms. The Labute approximate surface area is 144 Å². The molecule has 2 aromatic rings. The average molecular weight is 344 g/mol. The number of carbonyl (C=O) groups is 2. The molecule has 1 aromatic carbocycles. The summed E-state index contributed by atoms with van der Waals surface area (Å²) >= 11 is 1.37. The van der Waals surface area contributed by atoms with Crippen molar-refractivity contribution in [2.24, 2.45) is 5.92 Å². The van der Waals surface area contributed by atoms with Crippen molar-refractivity contribution in [3.63, 3.8) is 0 Å². The van der Waals surface area contributed by atoms with Gasteiger partial charge in [0, 0.05) is 13.5 Å². The number of aryl methyl sites for hydroxylation is 2. The topological polar surface area (TPSA) is 75.2 Å². The molecule has 6 nitrogen and oxygen atoms in total. The summed E-state index contributed by atoms with van der Waals surface area (Å²) in [6, 6.07) is 7.71. The summed E-state index contributed by atoms with van der Waals surface area (Å²) in [6.45, 7) is 4.00. The second kappa shape index (κ2) is 6.68. The van der Waals surface area contributed by atoms with Crippen molar-refractivity contribution in [2.45, 2.75) is 32.7 Å². The minimum Gasteiger partial charge on any atom is -0.338 e. The maximum atomic E-state index is 12.7. The van der Waals surface area contributed by atoms with Crippen LogP contribution >= 0.6 is 11.3 Å². The first kappa shape index (κ1) is 16.6. The van der Waals surface area contributed by atoms with E-state index >= 15 is 0 Å². The Morgan fingerprint density at radius 1 is 1.33 bits per heavy atom. The van der Waals surface area contributed by atoms with Crippen LogP contribution in [0.5, 0.6) is 0 Å². The standard InChI is InChI=1S/C17H20N4O2S/c1-4-13-19-20-17(24-13)18-16(23)12-9-14(22)21(3)15(12)11-7-5-10(2)6-8-11/h5-8,12,15H,4,9H2,1-3H3,(H,18,20,23)/t12-,15+/m0/s1. The van der Waals surface area contributed by atoms with Crippen LogP contribution in [0.3, 0.4) is 0 Å². The van der Waals surface area contributed by atoms with Gasteiger partial charge in [-0.3, -0.25) is 9.59 Å². The van der Waals surface area contributed by atoms with Crippen molar-refractivity contribution in [3.05, 3.63) is 40.4 Å². The van der Waals surface area contributed by atoms with Crippen molar-refractivity contribution >= 4 is 28.3 Å². The van der Waals surface area contributed by atoms with Crippen LogP contribution in [0, 0.1) is 12.8 Å². The number of anilines is 1.